The molecule has 5 rings (SSSR count). The average molecular weight is 458 g/mol. The smallest absolute Gasteiger partial charge is 0.252 e. The Labute approximate surface area is 195 Å². The van der Waals surface area contributed by atoms with Crippen LogP contribution in [0.15, 0.2) is 63.8 Å². The Balaban J connectivity index is 1.69. The first-order valence-corrected chi connectivity index (χ1v) is 10.8. The van der Waals surface area contributed by atoms with Crippen molar-refractivity contribution < 1.29 is 13.5 Å². The van der Waals surface area contributed by atoms with E-state index in [1.807, 2.05) is 45.0 Å². The van der Waals surface area contributed by atoms with Gasteiger partial charge in [0.1, 0.15) is 28.7 Å². The average Bonchev–Trinajstić information content (AvgIpc) is 3.36. The van der Waals surface area contributed by atoms with Crippen LogP contribution >= 0.6 is 0 Å². The highest BCUT2D eigenvalue weighted by atomic mass is 19.1. The predicted octanol–water partition coefficient (Wildman–Crippen LogP) is 4.96. The summed E-state index contributed by atoms with van der Waals surface area (Å²) >= 11 is 0. The molecule has 172 valence electrons. The number of aryl methyl sites for hydroxylation is 3. The normalized spacial score (nSPS) is 11.3. The summed E-state index contributed by atoms with van der Waals surface area (Å²) in [5.74, 6) is 1.27. The van der Waals surface area contributed by atoms with Gasteiger partial charge in [-0.25, -0.2) is 14.1 Å². The summed E-state index contributed by atoms with van der Waals surface area (Å²) < 4.78 is 28.6. The molecule has 0 amide bonds. The van der Waals surface area contributed by atoms with E-state index >= 15 is 0 Å². The number of benzene rings is 2. The topological polar surface area (TPSA) is 75.1 Å². The molecule has 0 N–H and O–H groups in total. The number of aromatic nitrogens is 4. The van der Waals surface area contributed by atoms with Crippen molar-refractivity contribution in [1.82, 2.24) is 19.3 Å². The second kappa shape index (κ2) is 8.30. The molecule has 5 aromatic rings. The second-order valence-corrected chi connectivity index (χ2v) is 8.15. The predicted molar refractivity (Wildman–Crippen MR) is 127 cm³/mol. The van der Waals surface area contributed by atoms with E-state index in [1.165, 1.54) is 12.1 Å². The van der Waals surface area contributed by atoms with Gasteiger partial charge < -0.3 is 9.15 Å². The fourth-order valence-corrected chi connectivity index (χ4v) is 4.27. The highest BCUT2D eigenvalue weighted by Gasteiger charge is 2.21. The summed E-state index contributed by atoms with van der Waals surface area (Å²) in [5, 5.41) is 5.48. The van der Waals surface area contributed by atoms with E-state index in [4.69, 9.17) is 9.15 Å². The van der Waals surface area contributed by atoms with Crippen LogP contribution in [0.3, 0.4) is 0 Å². The van der Waals surface area contributed by atoms with Crippen molar-refractivity contribution in [2.45, 2.75) is 27.3 Å². The van der Waals surface area contributed by atoms with Crippen LogP contribution in [0.2, 0.25) is 0 Å². The summed E-state index contributed by atoms with van der Waals surface area (Å²) in [6, 6.07) is 15.2. The van der Waals surface area contributed by atoms with Gasteiger partial charge in [0, 0.05) is 11.5 Å². The van der Waals surface area contributed by atoms with E-state index in [-0.39, 0.29) is 17.9 Å². The molecule has 0 radical (unpaired) electrons. The van der Waals surface area contributed by atoms with E-state index in [9.17, 15) is 9.18 Å². The van der Waals surface area contributed by atoms with Crippen LogP contribution in [-0.2, 0) is 6.54 Å². The minimum absolute atomic E-state index is 0.167. The van der Waals surface area contributed by atoms with Crippen molar-refractivity contribution in [2.24, 2.45) is 0 Å². The van der Waals surface area contributed by atoms with Crippen molar-refractivity contribution >= 4 is 11.0 Å². The fraction of sp³-hybridized carbons (Fsp3) is 0.192. The molecule has 0 spiro atoms. The van der Waals surface area contributed by atoms with Crippen LogP contribution in [0.4, 0.5) is 4.39 Å². The molecule has 0 aliphatic rings. The van der Waals surface area contributed by atoms with E-state index in [2.05, 4.69) is 10.1 Å². The molecule has 7 nitrogen and oxygen atoms in total. The maximum Gasteiger partial charge on any atom is 0.252 e. The minimum Gasteiger partial charge on any atom is -0.496 e. The highest BCUT2D eigenvalue weighted by molar-refractivity contribution is 5.83. The molecular weight excluding hydrogens is 435 g/mol. The number of halogens is 1. The van der Waals surface area contributed by atoms with Gasteiger partial charge in [-0.1, -0.05) is 18.2 Å². The maximum atomic E-state index is 14.0. The lowest BCUT2D eigenvalue weighted by Gasteiger charge is -2.11. The van der Waals surface area contributed by atoms with Gasteiger partial charge >= 0.3 is 0 Å². The fourth-order valence-electron chi connectivity index (χ4n) is 4.27. The summed E-state index contributed by atoms with van der Waals surface area (Å²) in [4.78, 5) is 17.9. The molecule has 0 aliphatic carbocycles. The number of methoxy groups -OCH3 is 1. The number of rotatable bonds is 5. The number of ether oxygens (including phenoxy) is 1. The Kier molecular flexibility index (Phi) is 5.28. The molecule has 0 atom stereocenters. The molecule has 0 fully saturated rings. The number of oxazole rings is 1. The molecule has 0 bridgehead atoms. The van der Waals surface area contributed by atoms with Gasteiger partial charge in [-0.3, -0.25) is 9.36 Å². The number of hydrogen-bond donors (Lipinski definition) is 0. The van der Waals surface area contributed by atoms with Gasteiger partial charge in [0.05, 0.1) is 30.6 Å². The Morgan fingerprint density at radius 1 is 1.06 bits per heavy atom. The van der Waals surface area contributed by atoms with Crippen LogP contribution in [0.5, 0.6) is 5.75 Å². The molecule has 0 saturated heterocycles. The monoisotopic (exact) mass is 458 g/mol. The first-order chi connectivity index (χ1) is 16.4. The van der Waals surface area contributed by atoms with Crippen LogP contribution in [0.1, 0.15) is 22.7 Å². The molecule has 2 aromatic carbocycles. The largest absolute Gasteiger partial charge is 0.496 e. The number of pyridine rings is 1. The third kappa shape index (κ3) is 3.57. The van der Waals surface area contributed by atoms with Gasteiger partial charge in [-0.15, -0.1) is 0 Å². The third-order valence-corrected chi connectivity index (χ3v) is 5.88. The van der Waals surface area contributed by atoms with Gasteiger partial charge in [0.25, 0.3) is 5.56 Å². The molecular formula is C26H23FN4O3. The van der Waals surface area contributed by atoms with Crippen molar-refractivity contribution in [3.8, 4) is 22.9 Å². The Morgan fingerprint density at radius 2 is 1.85 bits per heavy atom. The Bertz CT molecular complexity index is 1600. The zero-order valence-electron chi connectivity index (χ0n) is 19.3. The maximum absolute atomic E-state index is 14.0. The first-order valence-electron chi connectivity index (χ1n) is 10.8. The summed E-state index contributed by atoms with van der Waals surface area (Å²) in [5.41, 5.74) is 3.79. The molecule has 0 unspecified atom stereocenters. The molecule has 0 saturated carbocycles. The zero-order chi connectivity index (χ0) is 24.0. The molecule has 8 heteroatoms. The number of hydrogen-bond acceptors (Lipinski definition) is 5. The van der Waals surface area contributed by atoms with Crippen molar-refractivity contribution in [2.75, 3.05) is 7.11 Å². The molecule has 3 heterocycles. The first kappa shape index (κ1) is 21.6. The van der Waals surface area contributed by atoms with E-state index in [0.717, 1.165) is 22.2 Å². The quantitative estimate of drug-likeness (QED) is 0.372. The zero-order valence-corrected chi connectivity index (χ0v) is 19.3. The minimum atomic E-state index is -0.380. The third-order valence-electron chi connectivity index (χ3n) is 5.88. The molecule has 0 aliphatic heterocycles. The van der Waals surface area contributed by atoms with E-state index < -0.39 is 0 Å². The lowest BCUT2D eigenvalue weighted by Crippen LogP contribution is -2.23. The Morgan fingerprint density at radius 3 is 2.62 bits per heavy atom. The SMILES string of the molecule is COc1ccccc1-c1nc(Cn2c(=O)cc(C)c3c(C)nn(-c4cccc(F)c4)c32)c(C)o1. The summed E-state index contributed by atoms with van der Waals surface area (Å²) in [6.45, 7) is 5.73. The molecule has 3 aromatic heterocycles. The van der Waals surface area contributed by atoms with Gasteiger partial charge in [0.15, 0.2) is 0 Å². The highest BCUT2D eigenvalue weighted by Crippen LogP contribution is 2.31. The van der Waals surface area contributed by atoms with Gasteiger partial charge in [-0.2, -0.15) is 5.10 Å². The molecule has 34 heavy (non-hydrogen) atoms. The van der Waals surface area contributed by atoms with Crippen molar-refractivity contribution in [3.05, 3.63) is 93.5 Å². The summed E-state index contributed by atoms with van der Waals surface area (Å²) in [7, 11) is 1.59. The van der Waals surface area contributed by atoms with E-state index in [1.54, 1.807) is 34.6 Å². The lowest BCUT2D eigenvalue weighted by molar-refractivity contribution is 0.414. The number of para-hydroxylation sites is 1. The van der Waals surface area contributed by atoms with Crippen molar-refractivity contribution in [3.63, 3.8) is 0 Å². The standard InChI is InChI=1S/C26H23FN4O3/c1-15-12-23(32)30(26-24(15)16(2)29-31(26)19-9-7-8-18(27)13-19)14-21-17(3)34-25(28-21)20-10-5-6-11-22(20)33-4/h5-13H,14H2,1-4H3. The van der Waals surface area contributed by atoms with Crippen LogP contribution in [0, 0.1) is 26.6 Å². The van der Waals surface area contributed by atoms with Gasteiger partial charge in [-0.05, 0) is 56.7 Å². The Hall–Kier alpha value is -4.20. The van der Waals surface area contributed by atoms with Crippen LogP contribution < -0.4 is 10.3 Å². The van der Waals surface area contributed by atoms with Gasteiger partial charge in [0.2, 0.25) is 5.89 Å². The van der Waals surface area contributed by atoms with Crippen molar-refractivity contribution in [1.29, 1.82) is 0 Å². The second-order valence-electron chi connectivity index (χ2n) is 8.15. The number of nitrogens with zero attached hydrogens (tertiary/aromatic N) is 4. The van der Waals surface area contributed by atoms with E-state index in [0.29, 0.717) is 34.4 Å². The van der Waals surface area contributed by atoms with Crippen LogP contribution in [-0.4, -0.2) is 26.4 Å². The summed E-state index contributed by atoms with van der Waals surface area (Å²) in [6.07, 6.45) is 0. The van der Waals surface area contributed by atoms with Crippen LogP contribution in [0.25, 0.3) is 28.2 Å². The lowest BCUT2D eigenvalue weighted by atomic mass is 10.1. The number of fused-ring (bicyclic) bond motifs is 1.